The smallest absolute Gasteiger partial charge is 0.336 e. The molecule has 0 radical (unpaired) electrons. The van der Waals surface area contributed by atoms with Crippen molar-refractivity contribution in [1.29, 1.82) is 0 Å². The average molecular weight is 455 g/mol. The Balaban J connectivity index is 2.80. The van der Waals surface area contributed by atoms with E-state index in [2.05, 4.69) is 4.99 Å². The fourth-order valence-corrected chi connectivity index (χ4v) is 3.91. The number of carbonyl (C=O) groups excluding carboxylic acids is 2. The van der Waals surface area contributed by atoms with Gasteiger partial charge in [-0.2, -0.15) is 0 Å². The van der Waals surface area contributed by atoms with E-state index in [0.29, 0.717) is 11.3 Å². The number of carbonyl (C=O) groups is 2. The number of rotatable bonds is 8. The Morgan fingerprint density at radius 1 is 1.30 bits per heavy atom. The lowest BCUT2D eigenvalue weighted by molar-refractivity contribution is -0.384. The highest BCUT2D eigenvalue weighted by molar-refractivity contribution is 8.00. The Morgan fingerprint density at radius 2 is 1.97 bits per heavy atom. The molecule has 1 aliphatic rings. The number of halogens is 1. The molecular formula is C20H23ClN2O6S. The van der Waals surface area contributed by atoms with E-state index in [4.69, 9.17) is 21.1 Å². The summed E-state index contributed by atoms with van der Waals surface area (Å²) in [7, 11) is 0. The van der Waals surface area contributed by atoms with Crippen LogP contribution in [0.2, 0.25) is 0 Å². The number of aliphatic imine (C=N–C) groups is 1. The molecule has 0 saturated carbocycles. The number of hydrogen-bond acceptors (Lipinski definition) is 8. The minimum Gasteiger partial charge on any atom is -0.465 e. The van der Waals surface area contributed by atoms with Gasteiger partial charge in [-0.25, -0.2) is 4.79 Å². The monoisotopic (exact) mass is 454 g/mol. The van der Waals surface area contributed by atoms with Crippen LogP contribution in [0.4, 0.5) is 5.69 Å². The molecule has 0 bridgehead atoms. The van der Waals surface area contributed by atoms with Crippen molar-refractivity contribution in [3.05, 3.63) is 51.2 Å². The Morgan fingerprint density at radius 3 is 2.53 bits per heavy atom. The van der Waals surface area contributed by atoms with E-state index >= 15 is 0 Å². The molecule has 0 amide bonds. The number of non-ortho nitro benzene ring substituents is 1. The van der Waals surface area contributed by atoms with Gasteiger partial charge in [0.05, 0.1) is 29.4 Å². The predicted molar refractivity (Wildman–Crippen MR) is 116 cm³/mol. The standard InChI is InChI=1S/C20H23ClN2O6S/c1-5-28-19(24)14-11(3)22-17(18(21)30-4)16(20(25)29-6-2)15(14)12-8-7-9-13(10-12)23(26)27/h7-10,14-15,18H,5-6H2,1-4H3. The Bertz CT molecular complexity index is 901. The molecule has 30 heavy (non-hydrogen) atoms. The van der Waals surface area contributed by atoms with Crippen LogP contribution in [-0.4, -0.2) is 46.8 Å². The second-order valence-corrected chi connectivity index (χ2v) is 8.02. The molecule has 0 aromatic heterocycles. The molecule has 0 spiro atoms. The molecule has 0 aliphatic carbocycles. The van der Waals surface area contributed by atoms with Gasteiger partial charge in [0.1, 0.15) is 10.6 Å². The first-order valence-corrected chi connectivity index (χ1v) is 11.0. The number of nitro benzene ring substituents is 1. The third-order valence-corrected chi connectivity index (χ3v) is 5.94. The van der Waals surface area contributed by atoms with Crippen LogP contribution < -0.4 is 0 Å². The van der Waals surface area contributed by atoms with Crippen LogP contribution in [0.5, 0.6) is 0 Å². The van der Waals surface area contributed by atoms with Crippen LogP contribution in [0.15, 0.2) is 40.5 Å². The molecule has 0 N–H and O–H groups in total. The van der Waals surface area contributed by atoms with Gasteiger partial charge in [-0.3, -0.25) is 19.9 Å². The summed E-state index contributed by atoms with van der Waals surface area (Å²) in [6.07, 6.45) is 1.76. The highest BCUT2D eigenvalue weighted by Crippen LogP contribution is 2.43. The topological polar surface area (TPSA) is 108 Å². The maximum atomic E-state index is 13.0. The predicted octanol–water partition coefficient (Wildman–Crippen LogP) is 4.08. The molecule has 1 heterocycles. The van der Waals surface area contributed by atoms with E-state index in [1.54, 1.807) is 33.1 Å². The second-order valence-electron chi connectivity index (χ2n) is 6.38. The largest absolute Gasteiger partial charge is 0.465 e. The van der Waals surface area contributed by atoms with Gasteiger partial charge in [-0.05, 0) is 32.6 Å². The van der Waals surface area contributed by atoms with Gasteiger partial charge >= 0.3 is 11.9 Å². The molecule has 8 nitrogen and oxygen atoms in total. The van der Waals surface area contributed by atoms with E-state index in [9.17, 15) is 19.7 Å². The molecular weight excluding hydrogens is 432 g/mol. The summed E-state index contributed by atoms with van der Waals surface area (Å²) in [6.45, 7) is 5.23. The maximum Gasteiger partial charge on any atom is 0.336 e. The van der Waals surface area contributed by atoms with Crippen LogP contribution in [0.3, 0.4) is 0 Å². The first-order chi connectivity index (χ1) is 14.3. The van der Waals surface area contributed by atoms with Crippen LogP contribution in [0, 0.1) is 16.0 Å². The second kappa shape index (κ2) is 10.6. The summed E-state index contributed by atoms with van der Waals surface area (Å²) in [5.74, 6) is -3.08. The normalized spacial score (nSPS) is 19.7. The Labute approximate surface area is 183 Å². The van der Waals surface area contributed by atoms with E-state index in [1.165, 1.54) is 30.0 Å². The number of alkyl halides is 1. The zero-order chi connectivity index (χ0) is 22.4. The Hall–Kier alpha value is -2.39. The van der Waals surface area contributed by atoms with Crippen molar-refractivity contribution >= 4 is 46.7 Å². The summed E-state index contributed by atoms with van der Waals surface area (Å²) in [5.41, 5.74) is 1.04. The molecule has 0 fully saturated rings. The number of ether oxygens (including phenoxy) is 2. The van der Waals surface area contributed by atoms with Gasteiger partial charge in [0.2, 0.25) is 0 Å². The van der Waals surface area contributed by atoms with E-state index in [-0.39, 0.29) is 30.2 Å². The number of benzene rings is 1. The average Bonchev–Trinajstić information content (AvgIpc) is 2.72. The molecule has 2 rings (SSSR count). The number of nitro groups is 1. The zero-order valence-electron chi connectivity index (χ0n) is 17.1. The molecule has 3 unspecified atom stereocenters. The van der Waals surface area contributed by atoms with Crippen molar-refractivity contribution in [3.63, 3.8) is 0 Å². The van der Waals surface area contributed by atoms with Gasteiger partial charge in [-0.1, -0.05) is 12.1 Å². The maximum absolute atomic E-state index is 13.0. The summed E-state index contributed by atoms with van der Waals surface area (Å²) in [5, 5.41) is 11.3. The van der Waals surface area contributed by atoms with E-state index in [0.717, 1.165) is 0 Å². The minimum atomic E-state index is -0.944. The summed E-state index contributed by atoms with van der Waals surface area (Å²) in [4.78, 5) is 41.0. The molecule has 162 valence electrons. The lowest BCUT2D eigenvalue weighted by Gasteiger charge is -2.32. The van der Waals surface area contributed by atoms with Crippen molar-refractivity contribution in [2.45, 2.75) is 31.4 Å². The van der Waals surface area contributed by atoms with E-state index < -0.39 is 33.4 Å². The van der Waals surface area contributed by atoms with Crippen LogP contribution in [0.25, 0.3) is 0 Å². The number of hydrogen-bond donors (Lipinski definition) is 0. The fourth-order valence-electron chi connectivity index (χ4n) is 3.34. The molecule has 1 aromatic carbocycles. The number of nitrogens with zero attached hydrogens (tertiary/aromatic N) is 2. The van der Waals surface area contributed by atoms with Crippen molar-refractivity contribution in [1.82, 2.24) is 0 Å². The van der Waals surface area contributed by atoms with Gasteiger partial charge < -0.3 is 9.47 Å². The lowest BCUT2D eigenvalue weighted by atomic mass is 9.75. The van der Waals surface area contributed by atoms with Crippen molar-refractivity contribution < 1.29 is 24.0 Å². The van der Waals surface area contributed by atoms with Gasteiger partial charge in [0.25, 0.3) is 5.69 Å². The highest BCUT2D eigenvalue weighted by Gasteiger charge is 2.44. The summed E-state index contributed by atoms with van der Waals surface area (Å²) < 4.78 is 9.79. The van der Waals surface area contributed by atoms with Gasteiger partial charge in [0.15, 0.2) is 0 Å². The third-order valence-electron chi connectivity index (χ3n) is 4.57. The van der Waals surface area contributed by atoms with Crippen LogP contribution in [0.1, 0.15) is 32.3 Å². The highest BCUT2D eigenvalue weighted by atomic mass is 35.5. The van der Waals surface area contributed by atoms with E-state index in [1.807, 2.05) is 0 Å². The Kier molecular flexibility index (Phi) is 8.43. The van der Waals surface area contributed by atoms with Crippen LogP contribution in [-0.2, 0) is 19.1 Å². The lowest BCUT2D eigenvalue weighted by Crippen LogP contribution is -2.37. The quantitative estimate of drug-likeness (QED) is 0.252. The number of thioether (sulfide) groups is 1. The molecule has 10 heteroatoms. The third kappa shape index (κ3) is 5.02. The first-order valence-electron chi connectivity index (χ1n) is 9.30. The molecule has 1 aromatic rings. The van der Waals surface area contributed by atoms with Crippen LogP contribution >= 0.6 is 23.4 Å². The molecule has 1 aliphatic heterocycles. The number of esters is 2. The first kappa shape index (κ1) is 23.9. The zero-order valence-corrected chi connectivity index (χ0v) is 18.7. The molecule has 3 atom stereocenters. The fraction of sp³-hybridized carbons (Fsp3) is 0.450. The SMILES string of the molecule is CCOC(=O)C1=C(C(Cl)SC)N=C(C)C(C(=O)OCC)C1c1cccc([N+](=O)[O-])c1. The summed E-state index contributed by atoms with van der Waals surface area (Å²) >= 11 is 7.70. The van der Waals surface area contributed by atoms with Gasteiger partial charge in [0, 0.05) is 23.8 Å². The van der Waals surface area contributed by atoms with Crippen molar-refractivity contribution in [3.8, 4) is 0 Å². The van der Waals surface area contributed by atoms with Crippen molar-refractivity contribution in [2.75, 3.05) is 19.5 Å². The van der Waals surface area contributed by atoms with Gasteiger partial charge in [-0.15, -0.1) is 23.4 Å². The summed E-state index contributed by atoms with van der Waals surface area (Å²) in [6, 6.07) is 5.82. The molecule has 0 saturated heterocycles. The minimum absolute atomic E-state index is 0.107. The van der Waals surface area contributed by atoms with Crippen molar-refractivity contribution in [2.24, 2.45) is 10.9 Å².